The van der Waals surface area contributed by atoms with E-state index in [-0.39, 0.29) is 0 Å². The third kappa shape index (κ3) is 3.46. The third-order valence-electron chi connectivity index (χ3n) is 4.77. The summed E-state index contributed by atoms with van der Waals surface area (Å²) in [6.45, 7) is 1.14. The van der Waals surface area contributed by atoms with Crippen molar-refractivity contribution in [1.82, 2.24) is 19.1 Å². The van der Waals surface area contributed by atoms with Gasteiger partial charge in [-0.3, -0.25) is 14.3 Å². The predicted molar refractivity (Wildman–Crippen MR) is 110 cm³/mol. The number of fused-ring (bicyclic) bond motifs is 1. The van der Waals surface area contributed by atoms with Crippen LogP contribution in [0.25, 0.3) is 11.2 Å². The number of aromatic amines is 1. The Balaban J connectivity index is 1.73. The molecule has 0 spiro atoms. The fourth-order valence-electron chi connectivity index (χ4n) is 3.25. The van der Waals surface area contributed by atoms with Crippen LogP contribution in [-0.2, 0) is 26.6 Å². The number of imidazole rings is 1. The maximum atomic E-state index is 12.5. The highest BCUT2D eigenvalue weighted by atomic mass is 16.2. The van der Waals surface area contributed by atoms with E-state index in [2.05, 4.69) is 27.4 Å². The number of hydrogen-bond donors (Lipinski definition) is 2. The molecule has 0 aliphatic heterocycles. The van der Waals surface area contributed by atoms with Gasteiger partial charge in [0, 0.05) is 20.1 Å². The van der Waals surface area contributed by atoms with Crippen LogP contribution < -0.4 is 16.6 Å². The van der Waals surface area contributed by atoms with Gasteiger partial charge in [0.15, 0.2) is 11.2 Å². The smallest absolute Gasteiger partial charge is 0.329 e. The van der Waals surface area contributed by atoms with Crippen molar-refractivity contribution in [3.05, 3.63) is 92.6 Å². The van der Waals surface area contributed by atoms with Crippen molar-refractivity contribution in [3.8, 4) is 0 Å². The van der Waals surface area contributed by atoms with Gasteiger partial charge in [-0.15, -0.1) is 0 Å². The minimum atomic E-state index is -0.472. The monoisotopic (exact) mass is 375 g/mol. The van der Waals surface area contributed by atoms with E-state index in [4.69, 9.17) is 0 Å². The van der Waals surface area contributed by atoms with Crippen molar-refractivity contribution in [3.63, 3.8) is 0 Å². The summed E-state index contributed by atoms with van der Waals surface area (Å²) < 4.78 is 3.22. The second-order valence-electron chi connectivity index (χ2n) is 6.65. The molecule has 0 fully saturated rings. The highest BCUT2D eigenvalue weighted by Gasteiger charge is 2.17. The van der Waals surface area contributed by atoms with Gasteiger partial charge < -0.3 is 9.88 Å². The summed E-state index contributed by atoms with van der Waals surface area (Å²) in [4.78, 5) is 31.4. The molecule has 7 heteroatoms. The van der Waals surface area contributed by atoms with E-state index in [1.165, 1.54) is 10.1 Å². The van der Waals surface area contributed by atoms with Gasteiger partial charge in [-0.05, 0) is 17.5 Å². The number of aromatic nitrogens is 4. The van der Waals surface area contributed by atoms with E-state index < -0.39 is 11.2 Å². The average Bonchev–Trinajstić information content (AvgIpc) is 3.10. The Morgan fingerprint density at radius 3 is 2.29 bits per heavy atom. The first-order chi connectivity index (χ1) is 13.6. The van der Waals surface area contributed by atoms with Gasteiger partial charge in [0.2, 0.25) is 5.95 Å². The maximum absolute atomic E-state index is 12.5. The quantitative estimate of drug-likeness (QED) is 0.541. The number of nitrogens with zero attached hydrogens (tertiary/aromatic N) is 3. The molecule has 0 atom stereocenters. The summed E-state index contributed by atoms with van der Waals surface area (Å²) in [6, 6.07) is 20.0. The van der Waals surface area contributed by atoms with E-state index >= 15 is 0 Å². The van der Waals surface area contributed by atoms with Crippen molar-refractivity contribution in [2.24, 2.45) is 7.05 Å². The molecule has 0 unspecified atom stereocenters. The van der Waals surface area contributed by atoms with Crippen LogP contribution in [0.3, 0.4) is 0 Å². The molecule has 2 heterocycles. The van der Waals surface area contributed by atoms with Crippen LogP contribution in [-0.4, -0.2) is 19.1 Å². The summed E-state index contributed by atoms with van der Waals surface area (Å²) in [5.41, 5.74) is 2.14. The van der Waals surface area contributed by atoms with Gasteiger partial charge in [0.05, 0.1) is 0 Å². The van der Waals surface area contributed by atoms with Crippen LogP contribution >= 0.6 is 0 Å². The molecular weight excluding hydrogens is 354 g/mol. The van der Waals surface area contributed by atoms with Crippen LogP contribution in [0.1, 0.15) is 11.1 Å². The molecule has 0 aliphatic rings. The number of aryl methyl sites for hydroxylation is 3. The number of rotatable bonds is 6. The Morgan fingerprint density at radius 1 is 0.964 bits per heavy atom. The van der Waals surface area contributed by atoms with E-state index in [1.807, 2.05) is 53.1 Å². The molecule has 142 valence electrons. The highest BCUT2D eigenvalue weighted by Crippen LogP contribution is 2.17. The Labute approximate surface area is 161 Å². The van der Waals surface area contributed by atoms with Crippen molar-refractivity contribution in [2.45, 2.75) is 19.5 Å². The molecule has 28 heavy (non-hydrogen) atoms. The first kappa shape index (κ1) is 17.8. The minimum absolute atomic E-state index is 0.373. The van der Waals surface area contributed by atoms with Crippen LogP contribution in [0.4, 0.5) is 5.95 Å². The Morgan fingerprint density at radius 2 is 1.61 bits per heavy atom. The zero-order valence-electron chi connectivity index (χ0n) is 15.6. The maximum Gasteiger partial charge on any atom is 0.329 e. The SMILES string of the molecule is Cn1c(=O)[nH]c(=O)c2c1nc(NCc1ccccc1)n2CCc1ccccc1. The van der Waals surface area contributed by atoms with Crippen LogP contribution in [0.2, 0.25) is 0 Å². The minimum Gasteiger partial charge on any atom is -0.352 e. The Kier molecular flexibility index (Phi) is 4.80. The fourth-order valence-corrected chi connectivity index (χ4v) is 3.25. The van der Waals surface area contributed by atoms with Crippen LogP contribution in [0.5, 0.6) is 0 Å². The molecule has 0 radical (unpaired) electrons. The van der Waals surface area contributed by atoms with Crippen molar-refractivity contribution in [1.29, 1.82) is 0 Å². The average molecular weight is 375 g/mol. The van der Waals surface area contributed by atoms with E-state index in [0.717, 1.165) is 12.0 Å². The molecule has 0 bridgehead atoms. The molecular formula is C21H21N5O2. The summed E-state index contributed by atoms with van der Waals surface area (Å²) in [5.74, 6) is 0.571. The first-order valence-corrected chi connectivity index (χ1v) is 9.15. The first-order valence-electron chi connectivity index (χ1n) is 9.15. The predicted octanol–water partition coefficient (Wildman–Crippen LogP) is 2.28. The molecule has 0 aliphatic carbocycles. The van der Waals surface area contributed by atoms with Gasteiger partial charge in [0.25, 0.3) is 5.56 Å². The molecule has 0 saturated carbocycles. The van der Waals surface area contributed by atoms with Gasteiger partial charge >= 0.3 is 5.69 Å². The standard InChI is InChI=1S/C21H21N5O2/c1-25-18-17(19(27)24-21(25)28)26(13-12-15-8-4-2-5-9-15)20(23-18)22-14-16-10-6-3-7-11-16/h2-11H,12-14H2,1H3,(H,22,23)(H,24,27,28). The van der Waals surface area contributed by atoms with Gasteiger partial charge in [-0.1, -0.05) is 60.7 Å². The van der Waals surface area contributed by atoms with Gasteiger partial charge in [-0.2, -0.15) is 4.98 Å². The van der Waals surface area contributed by atoms with E-state index in [1.54, 1.807) is 7.05 Å². The highest BCUT2D eigenvalue weighted by molar-refractivity contribution is 5.74. The molecule has 2 aromatic heterocycles. The molecule has 4 aromatic rings. The zero-order chi connectivity index (χ0) is 19.5. The van der Waals surface area contributed by atoms with Crippen molar-refractivity contribution < 1.29 is 0 Å². The second kappa shape index (κ2) is 7.56. The molecule has 0 amide bonds. The fraction of sp³-hybridized carbons (Fsp3) is 0.190. The lowest BCUT2D eigenvalue weighted by Gasteiger charge is -2.10. The van der Waals surface area contributed by atoms with Gasteiger partial charge in [-0.25, -0.2) is 4.79 Å². The lowest BCUT2D eigenvalue weighted by molar-refractivity contribution is 0.714. The molecule has 0 saturated heterocycles. The van der Waals surface area contributed by atoms with Crippen molar-refractivity contribution >= 4 is 17.1 Å². The zero-order valence-corrected chi connectivity index (χ0v) is 15.6. The Bertz CT molecular complexity index is 1210. The van der Waals surface area contributed by atoms with Crippen LogP contribution in [0, 0.1) is 0 Å². The van der Waals surface area contributed by atoms with Crippen molar-refractivity contribution in [2.75, 3.05) is 5.32 Å². The third-order valence-corrected chi connectivity index (χ3v) is 4.77. The number of benzene rings is 2. The number of anilines is 1. The number of hydrogen-bond acceptors (Lipinski definition) is 4. The lowest BCUT2D eigenvalue weighted by atomic mass is 10.1. The summed E-state index contributed by atoms with van der Waals surface area (Å²) in [7, 11) is 1.61. The molecule has 2 N–H and O–H groups in total. The van der Waals surface area contributed by atoms with E-state index in [9.17, 15) is 9.59 Å². The molecule has 7 nitrogen and oxygen atoms in total. The topological polar surface area (TPSA) is 84.7 Å². The number of H-pyrrole nitrogens is 1. The van der Waals surface area contributed by atoms with Gasteiger partial charge in [0.1, 0.15) is 0 Å². The largest absolute Gasteiger partial charge is 0.352 e. The number of nitrogens with one attached hydrogen (secondary N) is 2. The molecule has 4 rings (SSSR count). The van der Waals surface area contributed by atoms with Crippen LogP contribution in [0.15, 0.2) is 70.3 Å². The summed E-state index contributed by atoms with van der Waals surface area (Å²) in [6.07, 6.45) is 0.745. The van der Waals surface area contributed by atoms with E-state index in [0.29, 0.717) is 30.2 Å². The molecule has 2 aromatic carbocycles. The normalized spacial score (nSPS) is 11.0. The second-order valence-corrected chi connectivity index (χ2v) is 6.65. The summed E-state index contributed by atoms with van der Waals surface area (Å²) >= 11 is 0. The lowest BCUT2D eigenvalue weighted by Crippen LogP contribution is -2.29. The Hall–Kier alpha value is -3.61. The summed E-state index contributed by atoms with van der Waals surface area (Å²) in [5, 5.41) is 3.31.